The molecular formula is C15H18ClN3O. The van der Waals surface area contributed by atoms with Crippen molar-refractivity contribution < 1.29 is 21.8 Å². The maximum Gasteiger partial charge on any atom is 0.230 e. The Morgan fingerprint density at radius 2 is 1.85 bits per heavy atom. The molecule has 0 aliphatic heterocycles. The highest BCUT2D eigenvalue weighted by atomic mass is 35.5. The molecule has 2 aromatic rings. The van der Waals surface area contributed by atoms with E-state index >= 15 is 0 Å². The zero-order valence-corrected chi connectivity index (χ0v) is 12.1. The first-order chi connectivity index (χ1) is 9.15. The third-order valence-corrected chi connectivity index (χ3v) is 2.93. The number of carbonyl (C=O) groups excluding carboxylic acids is 1. The number of anilines is 2. The van der Waals surface area contributed by atoms with E-state index in [0.29, 0.717) is 13.0 Å². The van der Waals surface area contributed by atoms with Crippen molar-refractivity contribution in [1.29, 1.82) is 0 Å². The number of pyridine rings is 1. The van der Waals surface area contributed by atoms with Crippen molar-refractivity contribution in [3.8, 4) is 0 Å². The lowest BCUT2D eigenvalue weighted by Gasteiger charge is -2.06. The van der Waals surface area contributed by atoms with Gasteiger partial charge < -0.3 is 23.5 Å². The van der Waals surface area contributed by atoms with Gasteiger partial charge in [0.2, 0.25) is 5.91 Å². The first-order valence-corrected chi connectivity index (χ1v) is 6.25. The number of aromatic nitrogens is 1. The van der Waals surface area contributed by atoms with Gasteiger partial charge in [-0.15, -0.1) is 0 Å². The fourth-order valence-electron chi connectivity index (χ4n) is 1.77. The summed E-state index contributed by atoms with van der Waals surface area (Å²) < 4.78 is 1.94. The van der Waals surface area contributed by atoms with Gasteiger partial charge in [-0.2, -0.15) is 0 Å². The van der Waals surface area contributed by atoms with E-state index in [1.54, 1.807) is 0 Å². The van der Waals surface area contributed by atoms with Gasteiger partial charge in [-0.05, 0) is 18.6 Å². The van der Waals surface area contributed by atoms with Crippen molar-refractivity contribution in [1.82, 2.24) is 0 Å². The Bertz CT molecular complexity index is 570. The quantitative estimate of drug-likeness (QED) is 0.703. The number of hydrogen-bond donors (Lipinski definition) is 2. The normalized spacial score (nSPS) is 9.65. The van der Waals surface area contributed by atoms with Crippen LogP contribution in [0, 0.1) is 6.92 Å². The van der Waals surface area contributed by atoms with Crippen LogP contribution in [0.25, 0.3) is 0 Å². The Morgan fingerprint density at radius 1 is 1.20 bits per heavy atom. The molecule has 4 nitrogen and oxygen atoms in total. The molecule has 0 aliphatic carbocycles. The molecule has 0 saturated carbocycles. The lowest BCUT2D eigenvalue weighted by Crippen LogP contribution is -3.00. The number of nitrogens with one attached hydrogen (secondary N) is 1. The highest BCUT2D eigenvalue weighted by Gasteiger charge is 2.07. The summed E-state index contributed by atoms with van der Waals surface area (Å²) in [4.78, 5) is 11.9. The van der Waals surface area contributed by atoms with Gasteiger partial charge in [0.05, 0.1) is 6.42 Å². The first kappa shape index (κ1) is 16.0. The van der Waals surface area contributed by atoms with Crippen LogP contribution in [0.3, 0.4) is 0 Å². The number of nitrogen functional groups attached to an aromatic ring is 1. The standard InChI is InChI=1S/C15H17N3O.ClH/c1-12-4-2-3-5-14(12)17-15(19)8-11-18-9-6-13(16)7-10-18;/h2-7,9-10,16H,8,11H2,1H3,(H,17,19);1H. The number of aryl methyl sites for hydroxylation is 2. The minimum Gasteiger partial charge on any atom is -1.00 e. The van der Waals surface area contributed by atoms with Gasteiger partial charge in [0, 0.05) is 23.5 Å². The second kappa shape index (κ2) is 7.50. The third kappa shape index (κ3) is 4.55. The van der Waals surface area contributed by atoms with E-state index in [0.717, 1.165) is 16.9 Å². The first-order valence-electron chi connectivity index (χ1n) is 6.25. The molecule has 1 heterocycles. The Morgan fingerprint density at radius 3 is 2.50 bits per heavy atom. The number of benzene rings is 1. The van der Waals surface area contributed by atoms with Gasteiger partial charge in [0.25, 0.3) is 0 Å². The second-order valence-electron chi connectivity index (χ2n) is 4.48. The topological polar surface area (TPSA) is 59.0 Å². The van der Waals surface area contributed by atoms with Gasteiger partial charge >= 0.3 is 0 Å². The molecule has 0 saturated heterocycles. The monoisotopic (exact) mass is 291 g/mol. The number of nitrogens with two attached hydrogens (primary N) is 1. The number of nitrogens with zero attached hydrogens (tertiary/aromatic N) is 1. The van der Waals surface area contributed by atoms with Crippen LogP contribution in [0.1, 0.15) is 12.0 Å². The zero-order valence-electron chi connectivity index (χ0n) is 11.3. The molecule has 0 spiro atoms. The average Bonchev–Trinajstić information content (AvgIpc) is 2.41. The summed E-state index contributed by atoms with van der Waals surface area (Å²) in [6, 6.07) is 11.4. The van der Waals surface area contributed by atoms with Gasteiger partial charge in [0.15, 0.2) is 18.9 Å². The van der Waals surface area contributed by atoms with Crippen molar-refractivity contribution >= 4 is 17.3 Å². The van der Waals surface area contributed by atoms with Gasteiger partial charge in [0.1, 0.15) is 0 Å². The molecule has 0 aliphatic rings. The molecule has 0 unspecified atom stereocenters. The molecule has 1 aromatic carbocycles. The largest absolute Gasteiger partial charge is 1.00 e. The molecule has 0 radical (unpaired) electrons. The fourth-order valence-corrected chi connectivity index (χ4v) is 1.77. The SMILES string of the molecule is Cc1ccccc1NC(=O)CC[n+]1ccc(N)cc1.[Cl-]. The third-order valence-electron chi connectivity index (χ3n) is 2.93. The summed E-state index contributed by atoms with van der Waals surface area (Å²) >= 11 is 0. The predicted molar refractivity (Wildman–Crippen MR) is 75.5 cm³/mol. The van der Waals surface area contributed by atoms with E-state index in [2.05, 4.69) is 5.32 Å². The number of rotatable bonds is 4. The molecule has 0 bridgehead atoms. The van der Waals surface area contributed by atoms with Crippen LogP contribution >= 0.6 is 0 Å². The Labute approximate surface area is 125 Å². The summed E-state index contributed by atoms with van der Waals surface area (Å²) in [6.07, 6.45) is 4.18. The lowest BCUT2D eigenvalue weighted by atomic mass is 10.2. The average molecular weight is 292 g/mol. The minimum atomic E-state index is 0. The highest BCUT2D eigenvalue weighted by Crippen LogP contribution is 2.13. The molecule has 5 heteroatoms. The van der Waals surface area contributed by atoms with Crippen molar-refractivity contribution in [2.45, 2.75) is 19.9 Å². The molecule has 1 amide bonds. The lowest BCUT2D eigenvalue weighted by molar-refractivity contribution is -0.695. The fraction of sp³-hybridized carbons (Fsp3) is 0.200. The van der Waals surface area contributed by atoms with E-state index in [-0.39, 0.29) is 18.3 Å². The number of hydrogen-bond acceptors (Lipinski definition) is 2. The minimum absolute atomic E-state index is 0. The van der Waals surface area contributed by atoms with Crippen LogP contribution < -0.4 is 28.0 Å². The van der Waals surface area contributed by atoms with E-state index in [1.807, 2.05) is 60.3 Å². The Hall–Kier alpha value is -2.07. The molecule has 3 N–H and O–H groups in total. The van der Waals surface area contributed by atoms with E-state index < -0.39 is 0 Å². The maximum absolute atomic E-state index is 11.9. The highest BCUT2D eigenvalue weighted by molar-refractivity contribution is 5.91. The van der Waals surface area contributed by atoms with Gasteiger partial charge in [-0.3, -0.25) is 4.79 Å². The number of amides is 1. The molecule has 106 valence electrons. The van der Waals surface area contributed by atoms with E-state index in [9.17, 15) is 4.79 Å². The zero-order chi connectivity index (χ0) is 13.7. The van der Waals surface area contributed by atoms with Gasteiger partial charge in [-0.1, -0.05) is 18.2 Å². The molecule has 0 fully saturated rings. The molecule has 20 heavy (non-hydrogen) atoms. The van der Waals surface area contributed by atoms with Crippen LogP contribution in [0.4, 0.5) is 11.4 Å². The van der Waals surface area contributed by atoms with Crippen LogP contribution in [0.5, 0.6) is 0 Å². The van der Waals surface area contributed by atoms with Crippen molar-refractivity contribution in [2.75, 3.05) is 11.1 Å². The number of carbonyl (C=O) groups is 1. The number of halogens is 1. The van der Waals surface area contributed by atoms with Crippen molar-refractivity contribution in [3.05, 3.63) is 54.4 Å². The Balaban J connectivity index is 0.00000200. The summed E-state index contributed by atoms with van der Waals surface area (Å²) in [6.45, 7) is 2.61. The Kier molecular flexibility index (Phi) is 6.00. The van der Waals surface area contributed by atoms with E-state index in [1.165, 1.54) is 0 Å². The predicted octanol–water partition coefficient (Wildman–Crippen LogP) is -1.10. The van der Waals surface area contributed by atoms with Crippen LogP contribution in [0.2, 0.25) is 0 Å². The number of para-hydroxylation sites is 1. The van der Waals surface area contributed by atoms with Crippen molar-refractivity contribution in [3.63, 3.8) is 0 Å². The summed E-state index contributed by atoms with van der Waals surface area (Å²) in [5.74, 6) is 0.0126. The van der Waals surface area contributed by atoms with E-state index in [4.69, 9.17) is 5.73 Å². The molecule has 0 atom stereocenters. The molecule has 1 aromatic heterocycles. The van der Waals surface area contributed by atoms with Gasteiger partial charge in [-0.25, -0.2) is 4.57 Å². The summed E-state index contributed by atoms with van der Waals surface area (Å²) in [7, 11) is 0. The van der Waals surface area contributed by atoms with Crippen molar-refractivity contribution in [2.24, 2.45) is 0 Å². The second-order valence-corrected chi connectivity index (χ2v) is 4.48. The summed E-state index contributed by atoms with van der Waals surface area (Å²) in [5, 5.41) is 2.91. The summed E-state index contributed by atoms with van der Waals surface area (Å²) in [5.41, 5.74) is 8.27. The maximum atomic E-state index is 11.9. The smallest absolute Gasteiger partial charge is 0.230 e. The molecule has 2 rings (SSSR count). The van der Waals surface area contributed by atoms with Crippen LogP contribution in [0.15, 0.2) is 48.8 Å². The van der Waals surface area contributed by atoms with Crippen LogP contribution in [-0.4, -0.2) is 5.91 Å². The molecular weight excluding hydrogens is 274 g/mol. The van der Waals surface area contributed by atoms with Crippen LogP contribution in [-0.2, 0) is 11.3 Å².